The Morgan fingerprint density at radius 3 is 2.33 bits per heavy atom. The topological polar surface area (TPSA) is 89.9 Å². The fourth-order valence-electron chi connectivity index (χ4n) is 11.9. The quantitative estimate of drug-likeness (QED) is 0.194. The van der Waals surface area contributed by atoms with Crippen molar-refractivity contribution in [2.75, 3.05) is 6.61 Å². The highest BCUT2D eigenvalue weighted by molar-refractivity contribution is 5.78. The molecule has 42 heavy (non-hydrogen) atoms. The normalized spacial score (nSPS) is 45.7. The number of carbonyl (C=O) groups excluding carboxylic acids is 2. The Labute approximate surface area is 252 Å². The fraction of sp³-hybridized carbons (Fsp3) is 0.806. The molecule has 5 saturated carbocycles. The number of carboxylic acids is 1. The van der Waals surface area contributed by atoms with Gasteiger partial charge in [-0.15, -0.1) is 6.42 Å². The summed E-state index contributed by atoms with van der Waals surface area (Å²) in [5.41, 5.74) is 1.18. The van der Waals surface area contributed by atoms with Crippen molar-refractivity contribution < 1.29 is 29.0 Å². The van der Waals surface area contributed by atoms with Crippen LogP contribution in [0.25, 0.3) is 0 Å². The van der Waals surface area contributed by atoms with Crippen LogP contribution in [0.1, 0.15) is 112 Å². The number of carboxylic acid groups (broad SMARTS) is 1. The molecular weight excluding hydrogens is 528 g/mol. The molecule has 0 aliphatic heterocycles. The predicted octanol–water partition coefficient (Wildman–Crippen LogP) is 7.21. The summed E-state index contributed by atoms with van der Waals surface area (Å²) in [6, 6.07) is 0. The first-order valence-corrected chi connectivity index (χ1v) is 16.4. The SMILES string of the molecule is C#CCOC(=O)[C@]12CC[C@@H](C(=C)C)[C@@H]1[C@H]1CC[C@@H]3[C@@]4(C)CC[C@H](OC(=O)CCC(=O)O)[C@H](C)[C@@H]4CC[C@@]3(C)[C@]1(C)CC2. The second kappa shape index (κ2) is 11.0. The van der Waals surface area contributed by atoms with Crippen LogP contribution in [0, 0.1) is 69.5 Å². The average Bonchev–Trinajstić information content (AvgIpc) is 3.34. The lowest BCUT2D eigenvalue weighted by Crippen LogP contribution is -2.66. The van der Waals surface area contributed by atoms with Gasteiger partial charge < -0.3 is 14.6 Å². The van der Waals surface area contributed by atoms with Gasteiger partial charge in [0.05, 0.1) is 18.3 Å². The van der Waals surface area contributed by atoms with Crippen LogP contribution in [-0.4, -0.2) is 35.7 Å². The molecule has 0 aromatic carbocycles. The Balaban J connectivity index is 1.41. The van der Waals surface area contributed by atoms with Crippen LogP contribution in [-0.2, 0) is 23.9 Å². The van der Waals surface area contributed by atoms with Gasteiger partial charge in [-0.1, -0.05) is 45.8 Å². The number of fused-ring (bicyclic) bond motifs is 7. The van der Waals surface area contributed by atoms with Gasteiger partial charge in [0, 0.05) is 0 Å². The monoisotopic (exact) mass is 580 g/mol. The van der Waals surface area contributed by atoms with Gasteiger partial charge in [-0.2, -0.15) is 0 Å². The number of ether oxygens (including phenoxy) is 2. The van der Waals surface area contributed by atoms with Crippen molar-refractivity contribution in [2.24, 2.45) is 57.2 Å². The summed E-state index contributed by atoms with van der Waals surface area (Å²) in [5.74, 6) is 3.39. The standard InChI is InChI=1S/C36H52O6/c1-8-21-41-32(40)36-18-13-24(22(2)3)31(36)26-9-10-28-33(5)16-15-27(42-30(39)12-11-29(37)38)23(4)25(33)14-17-35(28,7)34(26,6)19-20-36/h1,23-28,31H,2,9-21H2,3-7H3,(H,37,38)/t23-,24+,25+,26-,27+,28-,31-,33+,34-,35-,36+/m1/s1. The fourth-order valence-corrected chi connectivity index (χ4v) is 11.9. The molecule has 0 radical (unpaired) electrons. The van der Waals surface area contributed by atoms with E-state index in [0.717, 1.165) is 64.2 Å². The molecule has 0 aromatic rings. The highest BCUT2D eigenvalue weighted by Gasteiger charge is 2.71. The Morgan fingerprint density at radius 1 is 0.929 bits per heavy atom. The Morgan fingerprint density at radius 2 is 1.67 bits per heavy atom. The van der Waals surface area contributed by atoms with E-state index in [-0.39, 0.29) is 65.6 Å². The minimum atomic E-state index is -0.969. The maximum absolute atomic E-state index is 13.7. The van der Waals surface area contributed by atoms with Crippen LogP contribution in [0.15, 0.2) is 12.2 Å². The molecule has 1 N–H and O–H groups in total. The van der Waals surface area contributed by atoms with Crippen molar-refractivity contribution in [1.29, 1.82) is 0 Å². The molecule has 0 bridgehead atoms. The van der Waals surface area contributed by atoms with E-state index in [1.54, 1.807) is 0 Å². The third kappa shape index (κ3) is 4.55. The summed E-state index contributed by atoms with van der Waals surface area (Å²) in [6.07, 6.45) is 15.3. The number of rotatable bonds is 7. The molecule has 0 spiro atoms. The van der Waals surface area contributed by atoms with Crippen molar-refractivity contribution in [2.45, 2.75) is 118 Å². The van der Waals surface area contributed by atoms with Crippen LogP contribution >= 0.6 is 0 Å². The highest BCUT2D eigenvalue weighted by atomic mass is 16.5. The van der Waals surface area contributed by atoms with Crippen LogP contribution in [0.5, 0.6) is 0 Å². The molecule has 0 saturated heterocycles. The van der Waals surface area contributed by atoms with Gasteiger partial charge in [-0.05, 0) is 123 Å². The van der Waals surface area contributed by atoms with Gasteiger partial charge in [-0.25, -0.2) is 0 Å². The first kappa shape index (κ1) is 31.1. The molecule has 0 heterocycles. The molecule has 5 fully saturated rings. The van der Waals surface area contributed by atoms with Crippen LogP contribution in [0.4, 0.5) is 0 Å². The van der Waals surface area contributed by atoms with Gasteiger partial charge in [0.25, 0.3) is 0 Å². The number of allylic oxidation sites excluding steroid dienone is 1. The largest absolute Gasteiger partial charge is 0.481 e. The first-order chi connectivity index (χ1) is 19.7. The van der Waals surface area contributed by atoms with E-state index in [4.69, 9.17) is 21.0 Å². The van der Waals surface area contributed by atoms with E-state index in [1.807, 2.05) is 0 Å². The summed E-state index contributed by atoms with van der Waals surface area (Å²) in [6.45, 7) is 16.5. The van der Waals surface area contributed by atoms with Gasteiger partial charge >= 0.3 is 17.9 Å². The van der Waals surface area contributed by atoms with E-state index in [1.165, 1.54) is 5.57 Å². The van der Waals surface area contributed by atoms with Crippen LogP contribution in [0.3, 0.4) is 0 Å². The van der Waals surface area contributed by atoms with E-state index in [9.17, 15) is 14.4 Å². The van der Waals surface area contributed by atoms with E-state index < -0.39 is 11.4 Å². The third-order valence-electron chi connectivity index (χ3n) is 14.1. The maximum atomic E-state index is 13.7. The lowest BCUT2D eigenvalue weighted by molar-refractivity contribution is -0.238. The highest BCUT2D eigenvalue weighted by Crippen LogP contribution is 2.77. The molecule has 6 heteroatoms. The van der Waals surface area contributed by atoms with Crippen molar-refractivity contribution in [3.8, 4) is 12.3 Å². The summed E-state index contributed by atoms with van der Waals surface area (Å²) >= 11 is 0. The van der Waals surface area contributed by atoms with E-state index >= 15 is 0 Å². The molecular formula is C36H52O6. The van der Waals surface area contributed by atoms with Crippen LogP contribution < -0.4 is 0 Å². The number of carbonyl (C=O) groups is 3. The average molecular weight is 581 g/mol. The molecule has 0 amide bonds. The van der Waals surface area contributed by atoms with Crippen molar-refractivity contribution in [3.63, 3.8) is 0 Å². The Kier molecular flexibility index (Phi) is 8.16. The second-order valence-electron chi connectivity index (χ2n) is 15.5. The second-order valence-corrected chi connectivity index (χ2v) is 15.5. The van der Waals surface area contributed by atoms with Crippen LogP contribution in [0.2, 0.25) is 0 Å². The maximum Gasteiger partial charge on any atom is 0.313 e. The molecule has 5 aliphatic rings. The predicted molar refractivity (Wildman–Crippen MR) is 161 cm³/mol. The van der Waals surface area contributed by atoms with Gasteiger partial charge in [0.15, 0.2) is 6.61 Å². The Hall–Kier alpha value is -2.29. The van der Waals surface area contributed by atoms with E-state index in [0.29, 0.717) is 23.7 Å². The number of hydrogen-bond donors (Lipinski definition) is 1. The van der Waals surface area contributed by atoms with Gasteiger partial charge in [0.1, 0.15) is 6.10 Å². The zero-order valence-electron chi connectivity index (χ0n) is 26.5. The Bertz CT molecular complexity index is 1170. The number of hydrogen-bond acceptors (Lipinski definition) is 5. The van der Waals surface area contributed by atoms with Crippen molar-refractivity contribution in [3.05, 3.63) is 12.2 Å². The molecule has 11 atom stereocenters. The zero-order chi connectivity index (χ0) is 30.7. The number of esters is 2. The molecule has 5 aliphatic carbocycles. The number of terminal acetylenes is 1. The van der Waals surface area contributed by atoms with E-state index in [2.05, 4.69) is 47.1 Å². The summed E-state index contributed by atoms with van der Waals surface area (Å²) in [5, 5.41) is 8.97. The zero-order valence-corrected chi connectivity index (χ0v) is 26.5. The first-order valence-electron chi connectivity index (χ1n) is 16.4. The molecule has 5 rings (SSSR count). The smallest absolute Gasteiger partial charge is 0.313 e. The minimum absolute atomic E-state index is 0.0422. The summed E-state index contributed by atoms with van der Waals surface area (Å²) in [7, 11) is 0. The third-order valence-corrected chi connectivity index (χ3v) is 14.1. The summed E-state index contributed by atoms with van der Waals surface area (Å²) < 4.78 is 11.6. The van der Waals surface area contributed by atoms with Crippen molar-refractivity contribution in [1.82, 2.24) is 0 Å². The molecule has 6 nitrogen and oxygen atoms in total. The van der Waals surface area contributed by atoms with Crippen molar-refractivity contribution >= 4 is 17.9 Å². The lowest BCUT2D eigenvalue weighted by atomic mass is 9.33. The number of aliphatic carboxylic acids is 1. The lowest BCUT2D eigenvalue weighted by Gasteiger charge is -2.71. The molecule has 0 unspecified atom stereocenters. The molecule has 0 aromatic heterocycles. The van der Waals surface area contributed by atoms with Gasteiger partial charge in [0.2, 0.25) is 0 Å². The molecule has 232 valence electrons. The van der Waals surface area contributed by atoms with Gasteiger partial charge in [-0.3, -0.25) is 14.4 Å². The minimum Gasteiger partial charge on any atom is -0.481 e. The summed E-state index contributed by atoms with van der Waals surface area (Å²) in [4.78, 5) is 37.1.